The Kier molecular flexibility index (Phi) is 3.64. The molecule has 27 heavy (non-hydrogen) atoms. The number of aliphatic hydroxyl groups is 1. The zero-order valence-corrected chi connectivity index (χ0v) is 16.2. The fourth-order valence-electron chi connectivity index (χ4n) is 4.04. The third-order valence-corrected chi connectivity index (χ3v) is 6.81. The maximum absolute atomic E-state index is 13.1. The monoisotopic (exact) mass is 379 g/mol. The maximum atomic E-state index is 13.1. The second-order valence-electron chi connectivity index (χ2n) is 7.44. The van der Waals surface area contributed by atoms with Crippen molar-refractivity contribution in [2.24, 2.45) is 4.99 Å². The molecule has 3 aliphatic heterocycles. The summed E-state index contributed by atoms with van der Waals surface area (Å²) in [5.41, 5.74) is 3.84. The number of benzene rings is 2. The van der Waals surface area contributed by atoms with Crippen LogP contribution in [0.15, 0.2) is 40.2 Å². The van der Waals surface area contributed by atoms with Gasteiger partial charge >= 0.3 is 0 Å². The molecule has 3 heterocycles. The lowest BCUT2D eigenvalue weighted by molar-refractivity contribution is 0.0602. The van der Waals surface area contributed by atoms with Gasteiger partial charge in [-0.1, -0.05) is 0 Å². The minimum atomic E-state index is -1.53. The average molecular weight is 379 g/mol. The van der Waals surface area contributed by atoms with E-state index in [0.717, 1.165) is 34.8 Å². The molecule has 6 heteroatoms. The number of nitrogens with one attached hydrogen (secondary N) is 1. The first-order valence-corrected chi connectivity index (χ1v) is 10.2. The van der Waals surface area contributed by atoms with Crippen molar-refractivity contribution in [2.45, 2.75) is 30.8 Å². The highest BCUT2D eigenvalue weighted by Gasteiger charge is 2.52. The summed E-state index contributed by atoms with van der Waals surface area (Å²) in [5.74, 6) is 1.28. The second-order valence-corrected chi connectivity index (χ2v) is 8.57. The summed E-state index contributed by atoms with van der Waals surface area (Å²) in [4.78, 5) is 21.1. The van der Waals surface area contributed by atoms with Gasteiger partial charge in [0.15, 0.2) is 5.60 Å². The third kappa shape index (κ3) is 2.43. The summed E-state index contributed by atoms with van der Waals surface area (Å²) in [5, 5.41) is 14.6. The van der Waals surface area contributed by atoms with Gasteiger partial charge in [0.05, 0.1) is 5.69 Å². The van der Waals surface area contributed by atoms with E-state index < -0.39 is 5.60 Å². The number of Topliss-reactive ketones (excluding diaryl/α,β-unsaturated/α-hetero) is 1. The topological polar surface area (TPSA) is 64.9 Å². The van der Waals surface area contributed by atoms with E-state index in [1.807, 2.05) is 48.7 Å². The summed E-state index contributed by atoms with van der Waals surface area (Å²) in [6.07, 6.45) is 0.357. The van der Waals surface area contributed by atoms with Gasteiger partial charge in [-0.25, -0.2) is 4.99 Å². The zero-order valence-electron chi connectivity index (χ0n) is 15.4. The Balaban J connectivity index is 1.62. The maximum Gasteiger partial charge on any atom is 0.204 e. The number of hydrogen-bond acceptors (Lipinski definition) is 6. The van der Waals surface area contributed by atoms with Crippen molar-refractivity contribution >= 4 is 40.4 Å². The number of hydrogen-bond donors (Lipinski definition) is 2. The van der Waals surface area contributed by atoms with E-state index in [1.165, 1.54) is 4.90 Å². The lowest BCUT2D eigenvalue weighted by atomic mass is 9.86. The molecule has 3 aliphatic rings. The predicted octanol–water partition coefficient (Wildman–Crippen LogP) is 3.69. The molecule has 0 aliphatic carbocycles. The van der Waals surface area contributed by atoms with Crippen molar-refractivity contribution in [2.75, 3.05) is 29.1 Å². The van der Waals surface area contributed by atoms with Crippen molar-refractivity contribution in [1.29, 1.82) is 0 Å². The first-order chi connectivity index (χ1) is 13.0. The average Bonchev–Trinajstić information content (AvgIpc) is 3.01. The Morgan fingerprint density at radius 1 is 1.22 bits per heavy atom. The molecule has 138 valence electrons. The number of nitrogens with zero attached hydrogens (tertiary/aromatic N) is 2. The standard InChI is InChI=1S/C21H21N3O2S/c1-12-9-15-16(10-13(12)2)23-20-21(26,19(15)25)5-7-24(20)14-3-4-18-17(11-14)22-6-8-27-18/h3-4,9-11,22,26H,5-8H2,1-2H3. The van der Waals surface area contributed by atoms with Gasteiger partial charge in [0.25, 0.3) is 0 Å². The number of amidine groups is 1. The molecular weight excluding hydrogens is 358 g/mol. The van der Waals surface area contributed by atoms with Crippen LogP contribution in [0, 0.1) is 13.8 Å². The van der Waals surface area contributed by atoms with Gasteiger partial charge in [-0.2, -0.15) is 0 Å². The number of carbonyl (C=O) groups is 1. The smallest absolute Gasteiger partial charge is 0.204 e. The molecule has 5 nitrogen and oxygen atoms in total. The number of anilines is 2. The Morgan fingerprint density at radius 3 is 2.89 bits per heavy atom. The quantitative estimate of drug-likeness (QED) is 0.791. The normalized spacial score (nSPS) is 23.3. The molecule has 0 radical (unpaired) electrons. The molecule has 0 amide bonds. The van der Waals surface area contributed by atoms with Crippen LogP contribution < -0.4 is 10.2 Å². The fourth-order valence-corrected chi connectivity index (χ4v) is 4.92. The van der Waals surface area contributed by atoms with Gasteiger partial charge in [-0.15, -0.1) is 11.8 Å². The van der Waals surface area contributed by atoms with Gasteiger partial charge in [0.2, 0.25) is 5.78 Å². The zero-order chi connectivity index (χ0) is 18.8. The third-order valence-electron chi connectivity index (χ3n) is 5.73. The molecule has 2 aromatic carbocycles. The van der Waals surface area contributed by atoms with E-state index in [0.29, 0.717) is 30.1 Å². The number of fused-ring (bicyclic) bond motifs is 3. The first-order valence-electron chi connectivity index (χ1n) is 9.23. The Hall–Kier alpha value is -2.31. The van der Waals surface area contributed by atoms with Crippen molar-refractivity contribution < 1.29 is 9.90 Å². The van der Waals surface area contributed by atoms with Crippen LogP contribution in [0.25, 0.3) is 0 Å². The van der Waals surface area contributed by atoms with E-state index in [4.69, 9.17) is 4.99 Å². The fraction of sp³-hybridized carbons (Fsp3) is 0.333. The van der Waals surface area contributed by atoms with Crippen LogP contribution in [-0.2, 0) is 0 Å². The van der Waals surface area contributed by atoms with Crippen LogP contribution in [0.1, 0.15) is 27.9 Å². The number of carbonyl (C=O) groups excluding carboxylic acids is 1. The summed E-state index contributed by atoms with van der Waals surface area (Å²) < 4.78 is 0. The highest BCUT2D eigenvalue weighted by atomic mass is 32.2. The molecule has 0 aromatic heterocycles. The summed E-state index contributed by atoms with van der Waals surface area (Å²) >= 11 is 1.84. The molecule has 1 atom stereocenters. The highest BCUT2D eigenvalue weighted by Crippen LogP contribution is 2.42. The summed E-state index contributed by atoms with van der Waals surface area (Å²) in [7, 11) is 0. The second kappa shape index (κ2) is 5.84. The molecule has 0 saturated carbocycles. The van der Waals surface area contributed by atoms with Gasteiger partial charge in [0, 0.05) is 47.1 Å². The van der Waals surface area contributed by atoms with Gasteiger partial charge in [-0.3, -0.25) is 4.79 Å². The van der Waals surface area contributed by atoms with Gasteiger partial charge in [0.1, 0.15) is 5.84 Å². The molecule has 2 N–H and O–H groups in total. The lowest BCUT2D eigenvalue weighted by Gasteiger charge is -2.30. The van der Waals surface area contributed by atoms with Crippen LogP contribution in [0.5, 0.6) is 0 Å². The summed E-state index contributed by atoms with van der Waals surface area (Å²) in [6.45, 7) is 5.50. The van der Waals surface area contributed by atoms with E-state index in [-0.39, 0.29) is 5.78 Å². The SMILES string of the molecule is Cc1cc2c(cc1C)C(=O)C1(O)CCN(c3ccc4c(c3)NCCS4)C1=N2. The molecule has 2 aromatic rings. The largest absolute Gasteiger partial charge is 0.383 e. The highest BCUT2D eigenvalue weighted by molar-refractivity contribution is 7.99. The van der Waals surface area contributed by atoms with Crippen LogP contribution in [0.2, 0.25) is 0 Å². The summed E-state index contributed by atoms with van der Waals surface area (Å²) in [6, 6.07) is 10.0. The molecule has 0 bridgehead atoms. The molecule has 5 rings (SSSR count). The van der Waals surface area contributed by atoms with Gasteiger partial charge in [-0.05, 0) is 55.3 Å². The van der Waals surface area contributed by atoms with Crippen LogP contribution in [0.4, 0.5) is 17.1 Å². The Labute approximate surface area is 162 Å². The number of thioether (sulfide) groups is 1. The molecular formula is C21H21N3O2S. The van der Waals surface area contributed by atoms with E-state index in [1.54, 1.807) is 0 Å². The number of ketones is 1. The number of aryl methyl sites for hydroxylation is 2. The molecule has 1 unspecified atom stereocenters. The van der Waals surface area contributed by atoms with E-state index in [2.05, 4.69) is 17.4 Å². The van der Waals surface area contributed by atoms with Crippen LogP contribution in [0.3, 0.4) is 0 Å². The van der Waals surface area contributed by atoms with Crippen molar-refractivity contribution in [1.82, 2.24) is 0 Å². The Bertz CT molecular complexity index is 1020. The Morgan fingerprint density at radius 2 is 2.04 bits per heavy atom. The first kappa shape index (κ1) is 16.8. The van der Waals surface area contributed by atoms with E-state index >= 15 is 0 Å². The van der Waals surface area contributed by atoms with Gasteiger partial charge < -0.3 is 15.3 Å². The molecule has 1 fully saturated rings. The number of rotatable bonds is 1. The predicted molar refractivity (Wildman–Crippen MR) is 110 cm³/mol. The minimum absolute atomic E-state index is 0.236. The van der Waals surface area contributed by atoms with E-state index in [9.17, 15) is 9.90 Å². The minimum Gasteiger partial charge on any atom is -0.383 e. The number of aliphatic imine (C=N–C) groups is 1. The molecule has 0 spiro atoms. The van der Waals surface area contributed by atoms with Crippen LogP contribution in [-0.4, -0.2) is 41.2 Å². The van der Waals surface area contributed by atoms with Crippen molar-refractivity contribution in [3.05, 3.63) is 47.0 Å². The van der Waals surface area contributed by atoms with Crippen LogP contribution >= 0.6 is 11.8 Å². The molecule has 1 saturated heterocycles. The van der Waals surface area contributed by atoms with Crippen molar-refractivity contribution in [3.8, 4) is 0 Å². The lowest BCUT2D eigenvalue weighted by Crippen LogP contribution is -2.48. The van der Waals surface area contributed by atoms with Crippen molar-refractivity contribution in [3.63, 3.8) is 0 Å².